The summed E-state index contributed by atoms with van der Waals surface area (Å²) in [6, 6.07) is 12.2. The van der Waals surface area contributed by atoms with Crippen LogP contribution in [-0.2, 0) is 6.42 Å². The van der Waals surface area contributed by atoms with Gasteiger partial charge in [-0.3, -0.25) is 4.79 Å². The van der Waals surface area contributed by atoms with Crippen LogP contribution in [0.3, 0.4) is 0 Å². The molecular formula is C19H13Cl2NO3. The normalized spacial score (nSPS) is 16.3. The van der Waals surface area contributed by atoms with Crippen LogP contribution in [0.2, 0.25) is 10.0 Å². The quantitative estimate of drug-likeness (QED) is 0.581. The van der Waals surface area contributed by atoms with Crippen molar-refractivity contribution in [2.24, 2.45) is 0 Å². The number of hydrogen-bond donors (Lipinski definition) is 0. The lowest BCUT2D eigenvalue weighted by molar-refractivity contribution is 0.0978. The van der Waals surface area contributed by atoms with E-state index in [-0.39, 0.29) is 28.1 Å². The molecule has 0 radical (unpaired) electrons. The maximum atomic E-state index is 13.1. The van der Waals surface area contributed by atoms with E-state index in [0.29, 0.717) is 10.4 Å². The molecule has 0 aliphatic carbocycles. The molecule has 4 nitrogen and oxygen atoms in total. The predicted octanol–water partition coefficient (Wildman–Crippen LogP) is 4.69. The highest BCUT2D eigenvalue weighted by molar-refractivity contribution is 6.38. The Bertz CT molecular complexity index is 1070. The summed E-state index contributed by atoms with van der Waals surface area (Å²) in [5, 5.41) is 1.16. The second kappa shape index (κ2) is 5.90. The topological polar surface area (TPSA) is 50.5 Å². The van der Waals surface area contributed by atoms with E-state index in [1.54, 1.807) is 11.0 Å². The Hall–Kier alpha value is -2.30. The van der Waals surface area contributed by atoms with E-state index < -0.39 is 5.63 Å². The largest absolute Gasteiger partial charge is 0.421 e. The Labute approximate surface area is 153 Å². The summed E-state index contributed by atoms with van der Waals surface area (Å²) in [5.74, 6) is -0.385. The maximum Gasteiger partial charge on any atom is 0.349 e. The lowest BCUT2D eigenvalue weighted by Crippen LogP contribution is -2.38. The minimum atomic E-state index is -0.710. The van der Waals surface area contributed by atoms with E-state index >= 15 is 0 Å². The molecular weight excluding hydrogens is 361 g/mol. The Morgan fingerprint density at radius 2 is 1.96 bits per heavy atom. The SMILES string of the molecule is C[C@@H]1Cc2ccccc2N1C(=O)c1cc2cc(Cl)cc(Cl)c2oc1=O. The highest BCUT2D eigenvalue weighted by Gasteiger charge is 2.33. The van der Waals surface area contributed by atoms with Gasteiger partial charge in [0.15, 0.2) is 5.58 Å². The number of amides is 1. The molecule has 1 aromatic heterocycles. The number of halogens is 2. The van der Waals surface area contributed by atoms with Gasteiger partial charge in [-0.25, -0.2) is 4.79 Å². The summed E-state index contributed by atoms with van der Waals surface area (Å²) in [6.07, 6.45) is 0.748. The van der Waals surface area contributed by atoms with Gasteiger partial charge in [0.05, 0.1) is 5.02 Å². The fourth-order valence-corrected chi connectivity index (χ4v) is 3.86. The van der Waals surface area contributed by atoms with Crippen molar-refractivity contribution in [3.8, 4) is 0 Å². The van der Waals surface area contributed by atoms with E-state index in [2.05, 4.69) is 0 Å². The molecule has 0 saturated heterocycles. The number of carbonyl (C=O) groups excluding carboxylic acids is 1. The van der Waals surface area contributed by atoms with E-state index in [9.17, 15) is 9.59 Å². The summed E-state index contributed by atoms with van der Waals surface area (Å²) in [7, 11) is 0. The molecule has 1 aliphatic rings. The van der Waals surface area contributed by atoms with Crippen molar-refractivity contribution in [2.45, 2.75) is 19.4 Å². The highest BCUT2D eigenvalue weighted by Crippen LogP contribution is 2.33. The maximum absolute atomic E-state index is 13.1. The molecule has 0 fully saturated rings. The van der Waals surface area contributed by atoms with Crippen LogP contribution >= 0.6 is 23.2 Å². The third-order valence-electron chi connectivity index (χ3n) is 4.41. The summed E-state index contributed by atoms with van der Waals surface area (Å²) in [4.78, 5) is 27.1. The van der Waals surface area contributed by atoms with E-state index in [4.69, 9.17) is 27.6 Å². The first-order valence-corrected chi connectivity index (χ1v) is 8.55. The first kappa shape index (κ1) is 16.2. The van der Waals surface area contributed by atoms with Crippen molar-refractivity contribution in [1.82, 2.24) is 0 Å². The minimum Gasteiger partial charge on any atom is -0.421 e. The molecule has 2 heterocycles. The van der Waals surface area contributed by atoms with Crippen molar-refractivity contribution in [3.05, 3.63) is 74.1 Å². The zero-order valence-electron chi connectivity index (χ0n) is 13.3. The summed E-state index contributed by atoms with van der Waals surface area (Å²) < 4.78 is 5.29. The highest BCUT2D eigenvalue weighted by atomic mass is 35.5. The van der Waals surface area contributed by atoms with Gasteiger partial charge >= 0.3 is 5.63 Å². The molecule has 6 heteroatoms. The van der Waals surface area contributed by atoms with Crippen LogP contribution in [0, 0.1) is 0 Å². The lowest BCUT2D eigenvalue weighted by atomic mass is 10.1. The molecule has 4 rings (SSSR count). The van der Waals surface area contributed by atoms with Crippen LogP contribution in [0.1, 0.15) is 22.8 Å². The Morgan fingerprint density at radius 3 is 2.76 bits per heavy atom. The van der Waals surface area contributed by atoms with Gasteiger partial charge in [-0.05, 0) is 43.2 Å². The Balaban J connectivity index is 1.86. The van der Waals surface area contributed by atoms with Gasteiger partial charge in [0.25, 0.3) is 5.91 Å². The average Bonchev–Trinajstić information content (AvgIpc) is 2.90. The van der Waals surface area contributed by atoms with Gasteiger partial charge in [0.1, 0.15) is 5.56 Å². The van der Waals surface area contributed by atoms with Crippen LogP contribution in [0.5, 0.6) is 0 Å². The van der Waals surface area contributed by atoms with Crippen molar-refractivity contribution in [2.75, 3.05) is 4.90 Å². The predicted molar refractivity (Wildman–Crippen MR) is 98.9 cm³/mol. The molecule has 2 aromatic carbocycles. The number of anilines is 1. The average molecular weight is 374 g/mol. The van der Waals surface area contributed by atoms with E-state index in [1.165, 1.54) is 12.1 Å². The second-order valence-electron chi connectivity index (χ2n) is 6.11. The van der Waals surface area contributed by atoms with Crippen molar-refractivity contribution in [3.63, 3.8) is 0 Å². The zero-order valence-corrected chi connectivity index (χ0v) is 14.8. The third kappa shape index (κ3) is 2.62. The van der Waals surface area contributed by atoms with Crippen molar-refractivity contribution in [1.29, 1.82) is 0 Å². The second-order valence-corrected chi connectivity index (χ2v) is 6.95. The zero-order chi connectivity index (χ0) is 17.7. The minimum absolute atomic E-state index is 0.0330. The molecule has 0 unspecified atom stereocenters. The Morgan fingerprint density at radius 1 is 1.20 bits per heavy atom. The fourth-order valence-electron chi connectivity index (χ4n) is 3.31. The molecule has 25 heavy (non-hydrogen) atoms. The first-order valence-electron chi connectivity index (χ1n) is 7.80. The first-order chi connectivity index (χ1) is 12.0. The summed E-state index contributed by atoms with van der Waals surface area (Å²) in [5.41, 5.74) is 1.39. The molecule has 1 aliphatic heterocycles. The number of nitrogens with zero attached hydrogens (tertiary/aromatic N) is 1. The molecule has 126 valence electrons. The number of benzene rings is 2. The molecule has 3 aromatic rings. The van der Waals surface area contributed by atoms with Crippen LogP contribution in [0.25, 0.3) is 11.0 Å². The lowest BCUT2D eigenvalue weighted by Gasteiger charge is -2.22. The number of para-hydroxylation sites is 1. The fraction of sp³-hybridized carbons (Fsp3) is 0.158. The van der Waals surface area contributed by atoms with Crippen LogP contribution in [0.15, 0.2) is 51.7 Å². The Kier molecular flexibility index (Phi) is 3.82. The summed E-state index contributed by atoms with van der Waals surface area (Å²) >= 11 is 12.1. The smallest absolute Gasteiger partial charge is 0.349 e. The molecule has 0 spiro atoms. The molecule has 1 atom stereocenters. The summed E-state index contributed by atoms with van der Waals surface area (Å²) in [6.45, 7) is 1.95. The van der Waals surface area contributed by atoms with E-state index in [1.807, 2.05) is 31.2 Å². The number of rotatable bonds is 1. The standard InChI is InChI=1S/C19H13Cl2NO3/c1-10-6-11-4-2-3-5-16(11)22(10)18(23)14-8-12-7-13(20)9-15(21)17(12)25-19(14)24/h2-5,7-10H,6H2,1H3/t10-/m1/s1. The van der Waals surface area contributed by atoms with Crippen molar-refractivity contribution < 1.29 is 9.21 Å². The molecule has 0 saturated carbocycles. The molecule has 0 bridgehead atoms. The monoisotopic (exact) mass is 373 g/mol. The van der Waals surface area contributed by atoms with Gasteiger partial charge in [-0.2, -0.15) is 0 Å². The number of fused-ring (bicyclic) bond motifs is 2. The third-order valence-corrected chi connectivity index (χ3v) is 4.91. The van der Waals surface area contributed by atoms with Gasteiger partial charge in [0.2, 0.25) is 0 Å². The molecule has 1 amide bonds. The van der Waals surface area contributed by atoms with Crippen LogP contribution in [0.4, 0.5) is 5.69 Å². The van der Waals surface area contributed by atoms with Crippen LogP contribution in [-0.4, -0.2) is 11.9 Å². The van der Waals surface area contributed by atoms with Gasteiger partial charge < -0.3 is 9.32 Å². The van der Waals surface area contributed by atoms with Gasteiger partial charge in [-0.15, -0.1) is 0 Å². The van der Waals surface area contributed by atoms with Crippen molar-refractivity contribution >= 4 is 45.8 Å². The number of carbonyl (C=O) groups is 1. The molecule has 0 N–H and O–H groups in total. The number of hydrogen-bond acceptors (Lipinski definition) is 3. The van der Waals surface area contributed by atoms with E-state index in [0.717, 1.165) is 17.7 Å². The van der Waals surface area contributed by atoms with Crippen LogP contribution < -0.4 is 10.5 Å². The van der Waals surface area contributed by atoms with Gasteiger partial charge in [-0.1, -0.05) is 41.4 Å². The van der Waals surface area contributed by atoms with Gasteiger partial charge in [0, 0.05) is 22.1 Å².